The van der Waals surface area contributed by atoms with Gasteiger partial charge in [-0.05, 0) is 66.7 Å². The minimum Gasteiger partial charge on any atom is -0.355 e. The minimum atomic E-state index is -0.721. The van der Waals surface area contributed by atoms with Gasteiger partial charge in [-0.3, -0.25) is 4.79 Å². The van der Waals surface area contributed by atoms with E-state index in [-0.39, 0.29) is 28.5 Å². The summed E-state index contributed by atoms with van der Waals surface area (Å²) in [7, 11) is 0. The lowest BCUT2D eigenvalue weighted by Crippen LogP contribution is -2.50. The second-order valence-electron chi connectivity index (χ2n) is 9.00. The van der Waals surface area contributed by atoms with Gasteiger partial charge < -0.3 is 5.32 Å². The Kier molecular flexibility index (Phi) is 3.68. The van der Waals surface area contributed by atoms with Crippen molar-refractivity contribution in [2.45, 2.75) is 50.9 Å². The SMILES string of the molecule is CC1(C)[C@@H]2CC[C@@]1(C(=O)NCC1CC1)c1nnc(-c3c(F)cccc3F)cc12. The van der Waals surface area contributed by atoms with E-state index in [0.29, 0.717) is 18.2 Å². The third kappa shape index (κ3) is 2.23. The Morgan fingerprint density at radius 1 is 1.18 bits per heavy atom. The maximum absolute atomic E-state index is 14.2. The van der Waals surface area contributed by atoms with Crippen molar-refractivity contribution in [2.24, 2.45) is 11.3 Å². The standard InChI is InChI=1S/C22H23F2N3O/c1-21(2)14-8-9-22(21,20(28)25-11-12-6-7-12)19-13(14)10-17(26-27-19)18-15(23)4-3-5-16(18)24/h3-5,10,12,14H,6-9,11H2,1-2H3,(H,25,28)/t14-,22+/m1/s1. The number of aromatic nitrogens is 2. The number of hydrogen-bond donors (Lipinski definition) is 1. The predicted molar refractivity (Wildman–Crippen MR) is 101 cm³/mol. The highest BCUT2D eigenvalue weighted by molar-refractivity contribution is 5.91. The molecule has 146 valence electrons. The molecule has 2 saturated carbocycles. The van der Waals surface area contributed by atoms with Gasteiger partial charge in [-0.25, -0.2) is 8.78 Å². The van der Waals surface area contributed by atoms with Crippen LogP contribution in [-0.2, 0) is 10.2 Å². The van der Waals surface area contributed by atoms with Crippen molar-refractivity contribution >= 4 is 5.91 Å². The van der Waals surface area contributed by atoms with Gasteiger partial charge in [-0.2, -0.15) is 5.10 Å². The van der Waals surface area contributed by atoms with Crippen LogP contribution in [0.1, 0.15) is 56.7 Å². The topological polar surface area (TPSA) is 54.9 Å². The van der Waals surface area contributed by atoms with Crippen LogP contribution in [0.4, 0.5) is 8.78 Å². The first-order valence-electron chi connectivity index (χ1n) is 9.97. The zero-order chi connectivity index (χ0) is 19.7. The van der Waals surface area contributed by atoms with Crippen LogP contribution in [0.25, 0.3) is 11.3 Å². The Morgan fingerprint density at radius 2 is 1.89 bits per heavy atom. The fourth-order valence-corrected chi connectivity index (χ4v) is 5.40. The number of carbonyl (C=O) groups excluding carboxylic acids is 1. The Hall–Kier alpha value is -2.37. The smallest absolute Gasteiger partial charge is 0.232 e. The zero-order valence-corrected chi connectivity index (χ0v) is 16.1. The van der Waals surface area contributed by atoms with Crippen molar-refractivity contribution in [1.82, 2.24) is 15.5 Å². The van der Waals surface area contributed by atoms with E-state index < -0.39 is 17.0 Å². The average Bonchev–Trinajstić information content (AvgIpc) is 3.42. The normalized spacial score (nSPS) is 26.9. The molecule has 0 spiro atoms. The number of fused-ring (bicyclic) bond motifs is 5. The Morgan fingerprint density at radius 3 is 2.57 bits per heavy atom. The Balaban J connectivity index is 1.59. The average molecular weight is 383 g/mol. The van der Waals surface area contributed by atoms with Crippen LogP contribution in [-0.4, -0.2) is 22.6 Å². The summed E-state index contributed by atoms with van der Waals surface area (Å²) in [6, 6.07) is 5.51. The lowest BCUT2D eigenvalue weighted by atomic mass is 9.67. The van der Waals surface area contributed by atoms with Crippen molar-refractivity contribution < 1.29 is 13.6 Å². The molecule has 1 amide bonds. The van der Waals surface area contributed by atoms with Gasteiger partial charge in [0, 0.05) is 6.54 Å². The minimum absolute atomic E-state index is 0.0183. The first-order valence-corrected chi connectivity index (χ1v) is 9.97. The number of nitrogens with one attached hydrogen (secondary N) is 1. The molecule has 2 atom stereocenters. The molecule has 5 rings (SSSR count). The van der Waals surface area contributed by atoms with Crippen LogP contribution in [0.3, 0.4) is 0 Å². The molecular formula is C22H23F2N3O. The molecule has 2 aromatic rings. The predicted octanol–water partition coefficient (Wildman–Crippen LogP) is 4.10. The molecule has 4 nitrogen and oxygen atoms in total. The van der Waals surface area contributed by atoms with Gasteiger partial charge in [-0.1, -0.05) is 19.9 Å². The van der Waals surface area contributed by atoms with Gasteiger partial charge in [0.05, 0.1) is 22.4 Å². The second kappa shape index (κ2) is 5.82. The van der Waals surface area contributed by atoms with Crippen LogP contribution in [0.15, 0.2) is 24.3 Å². The quantitative estimate of drug-likeness (QED) is 0.865. The van der Waals surface area contributed by atoms with Crippen LogP contribution in [0.2, 0.25) is 0 Å². The van der Waals surface area contributed by atoms with E-state index in [0.717, 1.165) is 18.4 Å². The van der Waals surface area contributed by atoms with Crippen molar-refractivity contribution in [1.29, 1.82) is 0 Å². The molecule has 0 aliphatic heterocycles. The van der Waals surface area contributed by atoms with E-state index in [2.05, 4.69) is 29.4 Å². The molecule has 1 aromatic carbocycles. The number of hydrogen-bond acceptors (Lipinski definition) is 3. The summed E-state index contributed by atoms with van der Waals surface area (Å²) in [5.41, 5.74) is 0.579. The summed E-state index contributed by atoms with van der Waals surface area (Å²) in [6.07, 6.45) is 3.94. The maximum Gasteiger partial charge on any atom is 0.232 e. The largest absolute Gasteiger partial charge is 0.355 e. The third-order valence-electron chi connectivity index (χ3n) is 7.24. The first kappa shape index (κ1) is 17.7. The molecule has 0 unspecified atom stereocenters. The van der Waals surface area contributed by atoms with E-state index in [1.54, 1.807) is 6.07 Å². The Labute approximate surface area is 162 Å². The molecule has 1 N–H and O–H groups in total. The molecule has 0 radical (unpaired) electrons. The molecule has 0 saturated heterocycles. The summed E-state index contributed by atoms with van der Waals surface area (Å²) in [5.74, 6) is -0.579. The summed E-state index contributed by atoms with van der Waals surface area (Å²) in [5, 5.41) is 11.7. The van der Waals surface area contributed by atoms with Crippen molar-refractivity contribution in [3.8, 4) is 11.3 Å². The maximum atomic E-state index is 14.2. The van der Waals surface area contributed by atoms with Crippen LogP contribution >= 0.6 is 0 Å². The van der Waals surface area contributed by atoms with Gasteiger partial charge in [-0.15, -0.1) is 5.10 Å². The fraction of sp³-hybridized carbons (Fsp3) is 0.500. The monoisotopic (exact) mass is 383 g/mol. The van der Waals surface area contributed by atoms with Crippen LogP contribution in [0.5, 0.6) is 0 Å². The summed E-state index contributed by atoms with van der Waals surface area (Å²) >= 11 is 0. The molecule has 3 aliphatic carbocycles. The van der Waals surface area contributed by atoms with Gasteiger partial charge in [0.2, 0.25) is 5.91 Å². The first-order chi connectivity index (χ1) is 13.4. The van der Waals surface area contributed by atoms with Gasteiger partial charge in [0.15, 0.2) is 0 Å². The van der Waals surface area contributed by atoms with Crippen LogP contribution in [0, 0.1) is 23.0 Å². The summed E-state index contributed by atoms with van der Waals surface area (Å²) < 4.78 is 28.5. The molecule has 2 fully saturated rings. The molecule has 1 aromatic heterocycles. The van der Waals surface area contributed by atoms with Crippen molar-refractivity contribution in [3.63, 3.8) is 0 Å². The molecule has 3 aliphatic rings. The summed E-state index contributed by atoms with van der Waals surface area (Å²) in [4.78, 5) is 13.3. The van der Waals surface area contributed by atoms with E-state index in [1.807, 2.05) is 0 Å². The second-order valence-corrected chi connectivity index (χ2v) is 9.00. The van der Waals surface area contributed by atoms with E-state index in [9.17, 15) is 13.6 Å². The number of amides is 1. The van der Waals surface area contributed by atoms with Crippen molar-refractivity contribution in [2.75, 3.05) is 6.54 Å². The van der Waals surface area contributed by atoms with E-state index in [4.69, 9.17) is 0 Å². The number of rotatable bonds is 4. The van der Waals surface area contributed by atoms with Gasteiger partial charge in [0.1, 0.15) is 11.6 Å². The summed E-state index contributed by atoms with van der Waals surface area (Å²) in [6.45, 7) is 4.92. The van der Waals surface area contributed by atoms with E-state index in [1.165, 1.54) is 31.0 Å². The number of nitrogens with zero attached hydrogens (tertiary/aromatic N) is 2. The van der Waals surface area contributed by atoms with Crippen molar-refractivity contribution in [3.05, 3.63) is 47.2 Å². The highest BCUT2D eigenvalue weighted by Crippen LogP contribution is 2.67. The molecular weight excluding hydrogens is 360 g/mol. The fourth-order valence-electron chi connectivity index (χ4n) is 5.40. The van der Waals surface area contributed by atoms with Gasteiger partial charge >= 0.3 is 0 Å². The Bertz CT molecular complexity index is 965. The number of halogens is 2. The molecule has 2 bridgehead atoms. The zero-order valence-electron chi connectivity index (χ0n) is 16.1. The molecule has 6 heteroatoms. The van der Waals surface area contributed by atoms with Gasteiger partial charge in [0.25, 0.3) is 0 Å². The van der Waals surface area contributed by atoms with Crippen LogP contribution < -0.4 is 5.32 Å². The highest BCUT2D eigenvalue weighted by Gasteiger charge is 2.67. The number of benzene rings is 1. The lowest BCUT2D eigenvalue weighted by Gasteiger charge is -2.36. The lowest BCUT2D eigenvalue weighted by molar-refractivity contribution is -0.130. The number of carbonyl (C=O) groups is 1. The third-order valence-corrected chi connectivity index (χ3v) is 7.24. The molecule has 28 heavy (non-hydrogen) atoms. The molecule has 1 heterocycles. The highest BCUT2D eigenvalue weighted by atomic mass is 19.1. The van der Waals surface area contributed by atoms with E-state index >= 15 is 0 Å².